The molecular weight excluding hydrogens is 438 g/mol. The van der Waals surface area contributed by atoms with Crippen molar-refractivity contribution >= 4 is 34.8 Å². The largest absolute Gasteiger partial charge is 0.476 e. The smallest absolute Gasteiger partial charge is 0.321 e. The Labute approximate surface area is 196 Å². The summed E-state index contributed by atoms with van der Waals surface area (Å²) in [7, 11) is 0. The molecule has 1 aliphatic heterocycles. The van der Waals surface area contributed by atoms with E-state index in [-0.39, 0.29) is 29.7 Å². The Bertz CT molecular complexity index is 1190. The van der Waals surface area contributed by atoms with Crippen molar-refractivity contribution in [1.82, 2.24) is 24.8 Å². The van der Waals surface area contributed by atoms with Gasteiger partial charge in [0.2, 0.25) is 11.8 Å². The number of nitrogens with two attached hydrogens (primary N) is 1. The lowest BCUT2D eigenvalue weighted by molar-refractivity contribution is -0.149. The van der Waals surface area contributed by atoms with E-state index in [0.717, 1.165) is 18.4 Å². The van der Waals surface area contributed by atoms with Gasteiger partial charge in [-0.3, -0.25) is 4.79 Å². The zero-order chi connectivity index (χ0) is 24.1. The molecule has 1 aromatic carbocycles. The summed E-state index contributed by atoms with van der Waals surface area (Å²) in [5.74, 6) is -0.179. The van der Waals surface area contributed by atoms with Crippen LogP contribution in [0, 0.1) is 5.92 Å². The third kappa shape index (κ3) is 5.13. The maximum atomic E-state index is 12.7. The van der Waals surface area contributed by atoms with Crippen molar-refractivity contribution in [1.29, 1.82) is 0 Å². The lowest BCUT2D eigenvalue weighted by Gasteiger charge is -2.31. The van der Waals surface area contributed by atoms with E-state index in [9.17, 15) is 9.59 Å². The number of nitrogen functional groups attached to an aromatic ring is 1. The molecule has 2 amide bonds. The first-order valence-electron chi connectivity index (χ1n) is 11.2. The fraction of sp³-hybridized carbons (Fsp3) is 0.391. The molecule has 4 rings (SSSR count). The lowest BCUT2D eigenvalue weighted by atomic mass is 9.98. The summed E-state index contributed by atoms with van der Waals surface area (Å²) in [6.45, 7) is 5.31. The maximum Gasteiger partial charge on any atom is 0.321 e. The molecule has 1 unspecified atom stereocenters. The number of hydrogen-bond donors (Lipinski definition) is 2. The van der Waals surface area contributed by atoms with Crippen LogP contribution in [0.4, 0.5) is 16.4 Å². The molecule has 1 aliphatic rings. The van der Waals surface area contributed by atoms with Crippen molar-refractivity contribution in [2.45, 2.75) is 26.7 Å². The molecule has 0 bridgehead atoms. The highest BCUT2D eigenvalue weighted by molar-refractivity contribution is 5.90. The summed E-state index contributed by atoms with van der Waals surface area (Å²) in [5, 5.41) is 2.89. The Kier molecular flexibility index (Phi) is 7.00. The number of aromatic nitrogens is 4. The minimum absolute atomic E-state index is 0.0698. The number of carbonyl (C=O) groups is 2. The first-order chi connectivity index (χ1) is 16.5. The minimum Gasteiger partial charge on any atom is -0.476 e. The van der Waals surface area contributed by atoms with Crippen molar-refractivity contribution in [3.63, 3.8) is 0 Å². The summed E-state index contributed by atoms with van der Waals surface area (Å²) in [6, 6.07) is 7.00. The molecule has 0 radical (unpaired) electrons. The number of anilines is 2. The van der Waals surface area contributed by atoms with Crippen LogP contribution in [0.15, 0.2) is 30.5 Å². The van der Waals surface area contributed by atoms with Gasteiger partial charge >= 0.3 is 12.0 Å². The number of benzene rings is 1. The quantitative estimate of drug-likeness (QED) is 0.525. The maximum absolute atomic E-state index is 12.7. The predicted molar refractivity (Wildman–Crippen MR) is 126 cm³/mol. The van der Waals surface area contributed by atoms with Crippen molar-refractivity contribution in [3.05, 3.63) is 30.5 Å². The molecule has 3 aromatic rings. The fourth-order valence-electron chi connectivity index (χ4n) is 3.82. The SMILES string of the molecule is CCOC(=O)C1CCCN(C(=O)Nc2ccc(-c3cnc4nc(N)nc(OCC)c4n3)cc2)C1. The highest BCUT2D eigenvalue weighted by atomic mass is 16.5. The van der Waals surface area contributed by atoms with Gasteiger partial charge in [0.05, 0.1) is 31.0 Å². The number of urea groups is 1. The van der Waals surface area contributed by atoms with E-state index in [0.29, 0.717) is 48.8 Å². The second-order valence-electron chi connectivity index (χ2n) is 7.79. The Balaban J connectivity index is 1.46. The van der Waals surface area contributed by atoms with Crippen LogP contribution < -0.4 is 15.8 Å². The van der Waals surface area contributed by atoms with Crippen molar-refractivity contribution in [2.24, 2.45) is 5.92 Å². The van der Waals surface area contributed by atoms with Gasteiger partial charge < -0.3 is 25.4 Å². The predicted octanol–water partition coefficient (Wildman–Crippen LogP) is 2.87. The number of likely N-dealkylation sites (tertiary alicyclic amines) is 1. The number of ether oxygens (including phenoxy) is 2. The fourth-order valence-corrected chi connectivity index (χ4v) is 3.82. The molecule has 3 N–H and O–H groups in total. The van der Waals surface area contributed by atoms with Gasteiger partial charge in [0.1, 0.15) is 0 Å². The van der Waals surface area contributed by atoms with Crippen molar-refractivity contribution in [2.75, 3.05) is 37.4 Å². The minimum atomic E-state index is -0.283. The second kappa shape index (κ2) is 10.3. The molecule has 11 heteroatoms. The van der Waals surface area contributed by atoms with Gasteiger partial charge in [0, 0.05) is 24.3 Å². The van der Waals surface area contributed by atoms with Crippen molar-refractivity contribution < 1.29 is 19.1 Å². The molecule has 0 saturated carbocycles. The van der Waals surface area contributed by atoms with Crippen LogP contribution >= 0.6 is 0 Å². The Morgan fingerprint density at radius 1 is 1.15 bits per heavy atom. The van der Waals surface area contributed by atoms with E-state index in [4.69, 9.17) is 15.2 Å². The zero-order valence-corrected chi connectivity index (χ0v) is 19.2. The van der Waals surface area contributed by atoms with E-state index < -0.39 is 0 Å². The zero-order valence-electron chi connectivity index (χ0n) is 19.2. The topological polar surface area (TPSA) is 145 Å². The molecule has 34 heavy (non-hydrogen) atoms. The van der Waals surface area contributed by atoms with Gasteiger partial charge in [-0.2, -0.15) is 9.97 Å². The molecule has 178 valence electrons. The highest BCUT2D eigenvalue weighted by Gasteiger charge is 2.29. The van der Waals surface area contributed by atoms with E-state index in [2.05, 4.69) is 25.3 Å². The Morgan fingerprint density at radius 2 is 1.94 bits per heavy atom. The molecule has 0 spiro atoms. The van der Waals surface area contributed by atoms with Crippen LogP contribution in [0.1, 0.15) is 26.7 Å². The monoisotopic (exact) mass is 465 g/mol. The molecule has 1 saturated heterocycles. The average molecular weight is 466 g/mol. The number of fused-ring (bicyclic) bond motifs is 1. The summed E-state index contributed by atoms with van der Waals surface area (Å²) in [4.78, 5) is 43.6. The van der Waals surface area contributed by atoms with Gasteiger partial charge in [-0.05, 0) is 38.8 Å². The van der Waals surface area contributed by atoms with Gasteiger partial charge in [-0.1, -0.05) is 12.1 Å². The first kappa shape index (κ1) is 23.1. The van der Waals surface area contributed by atoms with Gasteiger partial charge in [0.25, 0.3) is 0 Å². The molecular formula is C23H27N7O4. The summed E-state index contributed by atoms with van der Waals surface area (Å²) in [5.41, 5.74) is 8.53. The van der Waals surface area contributed by atoms with Gasteiger partial charge in [0.15, 0.2) is 11.2 Å². The summed E-state index contributed by atoms with van der Waals surface area (Å²) < 4.78 is 10.6. The number of nitrogens with zero attached hydrogens (tertiary/aromatic N) is 5. The number of piperidine rings is 1. The van der Waals surface area contributed by atoms with Crippen LogP contribution in [0.2, 0.25) is 0 Å². The van der Waals surface area contributed by atoms with Crippen LogP contribution in [-0.2, 0) is 9.53 Å². The molecule has 11 nitrogen and oxygen atoms in total. The van der Waals surface area contributed by atoms with Crippen LogP contribution in [0.3, 0.4) is 0 Å². The number of amides is 2. The number of hydrogen-bond acceptors (Lipinski definition) is 9. The third-order valence-electron chi connectivity index (χ3n) is 5.43. The van der Waals surface area contributed by atoms with E-state index in [1.54, 1.807) is 30.2 Å². The molecule has 2 aromatic heterocycles. The first-order valence-corrected chi connectivity index (χ1v) is 11.2. The number of carbonyl (C=O) groups excluding carboxylic acids is 2. The van der Waals surface area contributed by atoms with Crippen molar-refractivity contribution in [3.8, 4) is 17.1 Å². The standard InChI is InChI=1S/C23H27N7O4/c1-3-33-20-18-19(28-22(24)29-20)25-12-17(27-18)14-7-9-16(10-8-14)26-23(32)30-11-5-6-15(13-30)21(31)34-4-2/h7-10,12,15H,3-6,11,13H2,1-2H3,(H,26,32)(H2,24,25,28,29). The van der Waals surface area contributed by atoms with Crippen LogP contribution in [0.5, 0.6) is 5.88 Å². The Morgan fingerprint density at radius 3 is 2.68 bits per heavy atom. The summed E-state index contributed by atoms with van der Waals surface area (Å²) >= 11 is 0. The number of rotatable bonds is 6. The van der Waals surface area contributed by atoms with E-state index in [1.807, 2.05) is 19.1 Å². The van der Waals surface area contributed by atoms with Gasteiger partial charge in [-0.15, -0.1) is 0 Å². The normalized spacial score (nSPS) is 15.7. The molecule has 1 fully saturated rings. The van der Waals surface area contributed by atoms with Crippen LogP contribution in [-0.4, -0.2) is 63.1 Å². The van der Waals surface area contributed by atoms with Crippen LogP contribution in [0.25, 0.3) is 22.4 Å². The lowest BCUT2D eigenvalue weighted by Crippen LogP contribution is -2.44. The van der Waals surface area contributed by atoms with E-state index >= 15 is 0 Å². The molecule has 3 heterocycles. The molecule has 1 atom stereocenters. The Hall–Kier alpha value is -4.02. The molecule has 0 aliphatic carbocycles. The van der Waals surface area contributed by atoms with Gasteiger partial charge in [-0.25, -0.2) is 14.8 Å². The van der Waals surface area contributed by atoms with E-state index in [1.165, 1.54) is 0 Å². The number of nitrogens with one attached hydrogen (secondary N) is 1. The number of esters is 1. The highest BCUT2D eigenvalue weighted by Crippen LogP contribution is 2.25. The third-order valence-corrected chi connectivity index (χ3v) is 5.43. The second-order valence-corrected chi connectivity index (χ2v) is 7.79. The summed E-state index contributed by atoms with van der Waals surface area (Å²) in [6.07, 6.45) is 3.09. The average Bonchev–Trinajstić information content (AvgIpc) is 2.84.